The van der Waals surface area contributed by atoms with E-state index in [1.165, 1.54) is 12.0 Å². The van der Waals surface area contributed by atoms with Gasteiger partial charge in [0.05, 0.1) is 0 Å². The van der Waals surface area contributed by atoms with Crippen LogP contribution >= 0.6 is 0 Å². The van der Waals surface area contributed by atoms with Crippen molar-refractivity contribution in [2.75, 3.05) is 0 Å². The van der Waals surface area contributed by atoms with Crippen LogP contribution in [0.25, 0.3) is 0 Å². The number of allylic oxidation sites excluding steroid dienone is 2. The molecule has 0 aromatic carbocycles. The summed E-state index contributed by atoms with van der Waals surface area (Å²) >= 11 is 0. The highest BCUT2D eigenvalue weighted by atomic mass is 14.1. The molecule has 0 nitrogen and oxygen atoms in total. The van der Waals surface area contributed by atoms with Crippen molar-refractivity contribution < 1.29 is 0 Å². The van der Waals surface area contributed by atoms with E-state index in [1.807, 2.05) is 0 Å². The Hall–Kier alpha value is -0.260. The third-order valence-corrected chi connectivity index (χ3v) is 1.65. The Morgan fingerprint density at radius 2 is 2.43 bits per heavy atom. The summed E-state index contributed by atoms with van der Waals surface area (Å²) < 4.78 is 0. The van der Waals surface area contributed by atoms with Crippen LogP contribution in [0.3, 0.4) is 0 Å². The normalized spacial score (nSPS) is 30.6. The second-order valence-electron chi connectivity index (χ2n) is 2.28. The molecule has 7 heavy (non-hydrogen) atoms. The largest absolute Gasteiger partial charge is 0.0816 e. The van der Waals surface area contributed by atoms with E-state index in [2.05, 4.69) is 26.3 Å². The third-order valence-electron chi connectivity index (χ3n) is 1.65. The molecule has 1 radical (unpaired) electrons. The van der Waals surface area contributed by atoms with Gasteiger partial charge in [-0.3, -0.25) is 0 Å². The predicted molar refractivity (Wildman–Crippen MR) is 31.8 cm³/mol. The Balaban J connectivity index is 2.54. The van der Waals surface area contributed by atoms with Crippen molar-refractivity contribution in [2.45, 2.75) is 20.3 Å². The van der Waals surface area contributed by atoms with E-state index in [9.17, 15) is 0 Å². The van der Waals surface area contributed by atoms with Crippen LogP contribution in [-0.4, -0.2) is 0 Å². The smallest absolute Gasteiger partial charge is 0.0162 e. The van der Waals surface area contributed by atoms with E-state index in [4.69, 9.17) is 0 Å². The molecule has 1 aliphatic carbocycles. The van der Waals surface area contributed by atoms with Gasteiger partial charge >= 0.3 is 0 Å². The molecule has 0 fully saturated rings. The van der Waals surface area contributed by atoms with Gasteiger partial charge in [-0.25, -0.2) is 0 Å². The Bertz CT molecular complexity index is 90.2. The van der Waals surface area contributed by atoms with E-state index in [0.717, 1.165) is 5.92 Å². The first-order valence-electron chi connectivity index (χ1n) is 2.80. The second kappa shape index (κ2) is 1.69. The molecule has 1 unspecified atom stereocenters. The zero-order chi connectivity index (χ0) is 5.28. The Kier molecular flexibility index (Phi) is 1.18. The number of hydrogen-bond donors (Lipinski definition) is 0. The Labute approximate surface area is 45.2 Å². The van der Waals surface area contributed by atoms with E-state index in [-0.39, 0.29) is 0 Å². The molecule has 1 rings (SSSR count). The van der Waals surface area contributed by atoms with Gasteiger partial charge in [-0.15, -0.1) is 0 Å². The van der Waals surface area contributed by atoms with E-state index in [0.29, 0.717) is 0 Å². The van der Waals surface area contributed by atoms with Crippen molar-refractivity contribution in [1.82, 2.24) is 0 Å². The van der Waals surface area contributed by atoms with Gasteiger partial charge in [-0.05, 0) is 25.7 Å². The van der Waals surface area contributed by atoms with Gasteiger partial charge in [0.1, 0.15) is 0 Å². The molecule has 39 valence electrons. The van der Waals surface area contributed by atoms with Crippen molar-refractivity contribution in [2.24, 2.45) is 5.92 Å². The molecule has 0 spiro atoms. The molecule has 1 aliphatic rings. The summed E-state index contributed by atoms with van der Waals surface area (Å²) in [7, 11) is 0. The maximum Gasteiger partial charge on any atom is -0.0162 e. The molecule has 0 saturated carbocycles. The van der Waals surface area contributed by atoms with Gasteiger partial charge in [0.15, 0.2) is 0 Å². The van der Waals surface area contributed by atoms with Crippen LogP contribution in [0.1, 0.15) is 20.3 Å². The van der Waals surface area contributed by atoms with Crippen LogP contribution in [0.4, 0.5) is 0 Å². The first kappa shape index (κ1) is 4.89. The molecular formula is C7H11. The molecule has 0 aliphatic heterocycles. The highest BCUT2D eigenvalue weighted by molar-refractivity contribution is 5.16. The average molecular weight is 95.2 g/mol. The van der Waals surface area contributed by atoms with Crippen LogP contribution in [0.2, 0.25) is 0 Å². The summed E-state index contributed by atoms with van der Waals surface area (Å²) in [6.45, 7) is 4.45. The highest BCUT2D eigenvalue weighted by Gasteiger charge is 2.07. The summed E-state index contributed by atoms with van der Waals surface area (Å²) in [5.41, 5.74) is 1.53. The van der Waals surface area contributed by atoms with Gasteiger partial charge in [0, 0.05) is 0 Å². The standard InChI is InChI=1S/C7H11/c1-6-4-3-5-7(6)2/h3-4,7H,5H2,1-2H3. The molecule has 0 aromatic heterocycles. The van der Waals surface area contributed by atoms with Crippen LogP contribution in [0, 0.1) is 12.3 Å². The number of hydrogen-bond acceptors (Lipinski definition) is 0. The van der Waals surface area contributed by atoms with Gasteiger partial charge in [-0.2, -0.15) is 0 Å². The SMILES string of the molecule is CC1=C[CH]CC1C. The van der Waals surface area contributed by atoms with Crippen molar-refractivity contribution >= 4 is 0 Å². The summed E-state index contributed by atoms with van der Waals surface area (Å²) in [5, 5.41) is 0. The lowest BCUT2D eigenvalue weighted by molar-refractivity contribution is 0.713. The highest BCUT2D eigenvalue weighted by Crippen LogP contribution is 2.22. The van der Waals surface area contributed by atoms with Crippen LogP contribution in [0.15, 0.2) is 11.6 Å². The first-order chi connectivity index (χ1) is 3.30. The lowest BCUT2D eigenvalue weighted by Gasteiger charge is -1.98. The van der Waals surface area contributed by atoms with E-state index < -0.39 is 0 Å². The zero-order valence-corrected chi connectivity index (χ0v) is 4.94. The minimum atomic E-state index is 0.819. The van der Waals surface area contributed by atoms with Crippen LogP contribution in [0.5, 0.6) is 0 Å². The zero-order valence-electron chi connectivity index (χ0n) is 4.94. The van der Waals surface area contributed by atoms with Gasteiger partial charge in [-0.1, -0.05) is 18.6 Å². The third kappa shape index (κ3) is 0.846. The molecular weight excluding hydrogens is 84.1 g/mol. The minimum Gasteiger partial charge on any atom is -0.0816 e. The first-order valence-corrected chi connectivity index (χ1v) is 2.80. The summed E-state index contributed by atoms with van der Waals surface area (Å²) in [5.74, 6) is 0.819. The van der Waals surface area contributed by atoms with Gasteiger partial charge in [0.2, 0.25) is 0 Å². The minimum absolute atomic E-state index is 0.819. The lowest BCUT2D eigenvalue weighted by Crippen LogP contribution is -1.85. The second-order valence-corrected chi connectivity index (χ2v) is 2.28. The molecule has 0 saturated heterocycles. The molecule has 0 heterocycles. The topological polar surface area (TPSA) is 0 Å². The fourth-order valence-electron chi connectivity index (χ4n) is 0.808. The molecule has 1 atom stereocenters. The van der Waals surface area contributed by atoms with Gasteiger partial charge < -0.3 is 0 Å². The van der Waals surface area contributed by atoms with Crippen molar-refractivity contribution in [3.8, 4) is 0 Å². The van der Waals surface area contributed by atoms with Gasteiger partial charge in [0.25, 0.3) is 0 Å². The predicted octanol–water partition coefficient (Wildman–Crippen LogP) is 2.18. The molecule has 0 N–H and O–H groups in total. The van der Waals surface area contributed by atoms with Crippen molar-refractivity contribution in [1.29, 1.82) is 0 Å². The number of rotatable bonds is 0. The van der Waals surface area contributed by atoms with Crippen LogP contribution < -0.4 is 0 Å². The molecule has 0 aromatic rings. The fourth-order valence-corrected chi connectivity index (χ4v) is 0.808. The quantitative estimate of drug-likeness (QED) is 0.432. The monoisotopic (exact) mass is 95.1 g/mol. The van der Waals surface area contributed by atoms with E-state index >= 15 is 0 Å². The summed E-state index contributed by atoms with van der Waals surface area (Å²) in [6.07, 6.45) is 5.70. The summed E-state index contributed by atoms with van der Waals surface area (Å²) in [4.78, 5) is 0. The lowest BCUT2D eigenvalue weighted by atomic mass is 10.1. The van der Waals surface area contributed by atoms with Crippen LogP contribution in [-0.2, 0) is 0 Å². The fraction of sp³-hybridized carbons (Fsp3) is 0.571. The molecule has 0 amide bonds. The van der Waals surface area contributed by atoms with E-state index in [1.54, 1.807) is 0 Å². The maximum absolute atomic E-state index is 2.26. The average Bonchev–Trinajstić information content (AvgIpc) is 1.91. The molecule has 0 bridgehead atoms. The Morgan fingerprint density at radius 3 is 2.57 bits per heavy atom. The van der Waals surface area contributed by atoms with Crippen molar-refractivity contribution in [3.63, 3.8) is 0 Å². The maximum atomic E-state index is 2.26. The summed E-state index contributed by atoms with van der Waals surface area (Å²) in [6, 6.07) is 0. The van der Waals surface area contributed by atoms with Crippen molar-refractivity contribution in [3.05, 3.63) is 18.1 Å². The Morgan fingerprint density at radius 1 is 1.71 bits per heavy atom. The molecule has 0 heteroatoms.